The Morgan fingerprint density at radius 2 is 2.20 bits per heavy atom. The minimum absolute atomic E-state index is 0.0565. The van der Waals surface area contributed by atoms with Gasteiger partial charge in [0.2, 0.25) is 5.91 Å². The first-order valence-electron chi connectivity index (χ1n) is 7.31. The molecule has 1 aliphatic carbocycles. The molecule has 1 fully saturated rings. The highest BCUT2D eigenvalue weighted by Gasteiger charge is 2.37. The third kappa shape index (κ3) is 3.03. The number of hydrogen-bond donors (Lipinski definition) is 2. The molecular formula is C15H25N3O2. The van der Waals surface area contributed by atoms with E-state index < -0.39 is 0 Å². The van der Waals surface area contributed by atoms with E-state index in [1.54, 1.807) is 7.11 Å². The molecule has 1 aliphatic rings. The van der Waals surface area contributed by atoms with Crippen LogP contribution in [0.3, 0.4) is 0 Å². The van der Waals surface area contributed by atoms with Crippen LogP contribution in [0.25, 0.3) is 0 Å². The monoisotopic (exact) mass is 279 g/mol. The Balaban J connectivity index is 1.86. The normalized spacial score (nSPS) is 18.4. The standard InChI is InChI=1S/C15H25N3O2/c1-10(8-13-11(2)17-18-12(13)3)14(19)16-9-15(20-4)6-5-7-15/h10H,5-9H2,1-4H3,(H,16,19)(H,17,18)/t10-/m0/s1. The van der Waals surface area contributed by atoms with Crippen LogP contribution in [0, 0.1) is 19.8 Å². The molecule has 0 unspecified atom stereocenters. The van der Waals surface area contributed by atoms with E-state index in [1.165, 1.54) is 6.42 Å². The highest BCUT2D eigenvalue weighted by Crippen LogP contribution is 2.34. The predicted octanol–water partition coefficient (Wildman–Crippen LogP) is 1.89. The van der Waals surface area contributed by atoms with Crippen LogP contribution < -0.4 is 5.32 Å². The smallest absolute Gasteiger partial charge is 0.223 e. The largest absolute Gasteiger partial charge is 0.376 e. The van der Waals surface area contributed by atoms with Gasteiger partial charge in [0.25, 0.3) is 0 Å². The fourth-order valence-electron chi connectivity index (χ4n) is 2.72. The van der Waals surface area contributed by atoms with Gasteiger partial charge in [0.1, 0.15) is 0 Å². The van der Waals surface area contributed by atoms with Gasteiger partial charge in [-0.1, -0.05) is 6.92 Å². The number of nitrogens with one attached hydrogen (secondary N) is 2. The van der Waals surface area contributed by atoms with E-state index >= 15 is 0 Å². The minimum Gasteiger partial charge on any atom is -0.376 e. The summed E-state index contributed by atoms with van der Waals surface area (Å²) in [6, 6.07) is 0. The summed E-state index contributed by atoms with van der Waals surface area (Å²) < 4.78 is 5.52. The molecule has 1 atom stereocenters. The molecule has 0 bridgehead atoms. The molecule has 0 radical (unpaired) electrons. The number of rotatable bonds is 6. The number of methoxy groups -OCH3 is 1. The maximum atomic E-state index is 12.2. The van der Waals surface area contributed by atoms with Gasteiger partial charge in [-0.3, -0.25) is 9.89 Å². The molecule has 1 aromatic rings. The third-order valence-corrected chi connectivity index (χ3v) is 4.52. The van der Waals surface area contributed by atoms with E-state index in [4.69, 9.17) is 4.74 Å². The first kappa shape index (κ1) is 15.0. The molecule has 0 aliphatic heterocycles. The Labute approximate surface area is 120 Å². The summed E-state index contributed by atoms with van der Waals surface area (Å²) in [5.74, 6) is 0.0345. The molecule has 1 saturated carbocycles. The van der Waals surface area contributed by atoms with Crippen LogP contribution in [0.4, 0.5) is 0 Å². The Bertz CT molecular complexity index is 452. The second-order valence-corrected chi connectivity index (χ2v) is 5.98. The number of aromatic nitrogens is 2. The van der Waals surface area contributed by atoms with Gasteiger partial charge >= 0.3 is 0 Å². The van der Waals surface area contributed by atoms with E-state index in [9.17, 15) is 4.79 Å². The zero-order valence-corrected chi connectivity index (χ0v) is 12.9. The van der Waals surface area contributed by atoms with E-state index in [0.717, 1.165) is 36.2 Å². The van der Waals surface area contributed by atoms with Crippen molar-refractivity contribution in [2.24, 2.45) is 5.92 Å². The minimum atomic E-state index is -0.114. The van der Waals surface area contributed by atoms with Crippen molar-refractivity contribution < 1.29 is 9.53 Å². The SMILES string of the molecule is COC1(CNC(=O)[C@@H](C)Cc2c(C)n[nH]c2C)CCC1. The summed E-state index contributed by atoms with van der Waals surface area (Å²) in [5, 5.41) is 10.2. The summed E-state index contributed by atoms with van der Waals surface area (Å²) in [7, 11) is 1.73. The van der Waals surface area contributed by atoms with Crippen molar-refractivity contribution >= 4 is 5.91 Å². The molecule has 0 aromatic carbocycles. The van der Waals surface area contributed by atoms with Crippen molar-refractivity contribution in [3.05, 3.63) is 17.0 Å². The number of carbonyl (C=O) groups excluding carboxylic acids is 1. The van der Waals surface area contributed by atoms with Crippen molar-refractivity contribution in [1.29, 1.82) is 0 Å². The summed E-state index contributed by atoms with van der Waals surface area (Å²) in [6.07, 6.45) is 3.99. The molecule has 112 valence electrons. The van der Waals surface area contributed by atoms with Gasteiger partial charge in [-0.25, -0.2) is 0 Å². The van der Waals surface area contributed by atoms with Crippen molar-refractivity contribution in [2.75, 3.05) is 13.7 Å². The second-order valence-electron chi connectivity index (χ2n) is 5.98. The lowest BCUT2D eigenvalue weighted by Gasteiger charge is -2.40. The lowest BCUT2D eigenvalue weighted by atomic mass is 9.80. The van der Waals surface area contributed by atoms with E-state index in [-0.39, 0.29) is 17.4 Å². The fourth-order valence-corrected chi connectivity index (χ4v) is 2.72. The topological polar surface area (TPSA) is 67.0 Å². The molecule has 20 heavy (non-hydrogen) atoms. The molecule has 5 nitrogen and oxygen atoms in total. The maximum Gasteiger partial charge on any atom is 0.223 e. The lowest BCUT2D eigenvalue weighted by Crippen LogP contribution is -2.50. The zero-order chi connectivity index (χ0) is 14.8. The van der Waals surface area contributed by atoms with Gasteiger partial charge in [0.05, 0.1) is 11.3 Å². The average Bonchev–Trinajstić information content (AvgIpc) is 2.69. The molecular weight excluding hydrogens is 254 g/mol. The summed E-state index contributed by atoms with van der Waals surface area (Å²) in [6.45, 7) is 6.55. The molecule has 0 saturated heterocycles. The van der Waals surface area contributed by atoms with Gasteiger partial charge < -0.3 is 10.1 Å². The molecule has 2 N–H and O–H groups in total. The van der Waals surface area contributed by atoms with Crippen LogP contribution in [0.5, 0.6) is 0 Å². The van der Waals surface area contributed by atoms with Crippen LogP contribution in [0.2, 0.25) is 0 Å². The van der Waals surface area contributed by atoms with Crippen molar-refractivity contribution in [3.8, 4) is 0 Å². The fraction of sp³-hybridized carbons (Fsp3) is 0.733. The lowest BCUT2D eigenvalue weighted by molar-refractivity contribution is -0.128. The van der Waals surface area contributed by atoms with Gasteiger partial charge in [0.15, 0.2) is 0 Å². The summed E-state index contributed by atoms with van der Waals surface area (Å²) >= 11 is 0. The Morgan fingerprint density at radius 1 is 1.50 bits per heavy atom. The predicted molar refractivity (Wildman–Crippen MR) is 77.5 cm³/mol. The number of amides is 1. The highest BCUT2D eigenvalue weighted by atomic mass is 16.5. The summed E-state index contributed by atoms with van der Waals surface area (Å²) in [4.78, 5) is 12.2. The maximum absolute atomic E-state index is 12.2. The van der Waals surface area contributed by atoms with Gasteiger partial charge in [-0.2, -0.15) is 5.10 Å². The average molecular weight is 279 g/mol. The third-order valence-electron chi connectivity index (χ3n) is 4.52. The molecule has 1 amide bonds. The van der Waals surface area contributed by atoms with Crippen LogP contribution in [-0.2, 0) is 16.0 Å². The number of aryl methyl sites for hydroxylation is 2. The van der Waals surface area contributed by atoms with Gasteiger partial charge in [-0.15, -0.1) is 0 Å². The number of hydrogen-bond acceptors (Lipinski definition) is 3. The van der Waals surface area contributed by atoms with Crippen LogP contribution in [0.15, 0.2) is 0 Å². The van der Waals surface area contributed by atoms with Crippen molar-refractivity contribution in [1.82, 2.24) is 15.5 Å². The Morgan fingerprint density at radius 3 is 2.65 bits per heavy atom. The van der Waals surface area contributed by atoms with Crippen molar-refractivity contribution in [2.45, 2.75) is 52.1 Å². The molecule has 0 spiro atoms. The second kappa shape index (κ2) is 5.95. The highest BCUT2D eigenvalue weighted by molar-refractivity contribution is 5.78. The summed E-state index contributed by atoms with van der Waals surface area (Å²) in [5.41, 5.74) is 3.07. The zero-order valence-electron chi connectivity index (χ0n) is 12.9. The van der Waals surface area contributed by atoms with Gasteiger partial charge in [0, 0.05) is 25.3 Å². The molecule has 2 rings (SSSR count). The molecule has 1 aromatic heterocycles. The number of ether oxygens (including phenoxy) is 1. The van der Waals surface area contributed by atoms with Crippen molar-refractivity contribution in [3.63, 3.8) is 0 Å². The number of H-pyrrole nitrogens is 1. The number of carbonyl (C=O) groups is 1. The van der Waals surface area contributed by atoms with E-state index in [2.05, 4.69) is 15.5 Å². The molecule has 1 heterocycles. The Hall–Kier alpha value is -1.36. The first-order chi connectivity index (χ1) is 9.47. The van der Waals surface area contributed by atoms with Crippen LogP contribution >= 0.6 is 0 Å². The van der Waals surface area contributed by atoms with Gasteiger partial charge in [-0.05, 0) is 45.1 Å². The Kier molecular flexibility index (Phi) is 4.48. The molecule has 5 heteroatoms. The van der Waals surface area contributed by atoms with Crippen LogP contribution in [-0.4, -0.2) is 35.4 Å². The van der Waals surface area contributed by atoms with Crippen LogP contribution in [0.1, 0.15) is 43.1 Å². The first-order valence-corrected chi connectivity index (χ1v) is 7.31. The number of aromatic amines is 1. The van der Waals surface area contributed by atoms with E-state index in [1.807, 2.05) is 20.8 Å². The quantitative estimate of drug-likeness (QED) is 0.835. The number of nitrogens with zero attached hydrogens (tertiary/aromatic N) is 1. The van der Waals surface area contributed by atoms with E-state index in [0.29, 0.717) is 6.54 Å².